The Labute approximate surface area is 199 Å². The van der Waals surface area contributed by atoms with E-state index in [2.05, 4.69) is 18.2 Å². The van der Waals surface area contributed by atoms with Crippen molar-refractivity contribution in [1.29, 1.82) is 0 Å². The Morgan fingerprint density at radius 1 is 1.09 bits per heavy atom. The van der Waals surface area contributed by atoms with Crippen LogP contribution in [0.4, 0.5) is 4.39 Å². The Balaban J connectivity index is 1.36. The standard InChI is InChI=1S/C29H29FO4/c1-33-23-12-13-26(30)25(16-23)19-5-7-20(8-6-19)27-14-11-21-9-10-22(15-28(21)34-27)24(17-29(31)32)18-3-2-4-18/h5-10,12-13,15-16,18,24,27H,2-4,11,14,17H2,1H3,(H,31,32)/t24-,27+/m0/s1. The van der Waals surface area contributed by atoms with E-state index in [4.69, 9.17) is 9.47 Å². The number of aryl methyl sites for hydroxylation is 1. The van der Waals surface area contributed by atoms with E-state index in [1.807, 2.05) is 24.3 Å². The molecule has 0 amide bonds. The van der Waals surface area contributed by atoms with Crippen LogP contribution >= 0.6 is 0 Å². The van der Waals surface area contributed by atoms with Crippen molar-refractivity contribution >= 4 is 5.97 Å². The Hall–Kier alpha value is -3.34. The fraction of sp³-hybridized carbons (Fsp3) is 0.345. The molecule has 0 bridgehead atoms. The van der Waals surface area contributed by atoms with Gasteiger partial charge in [-0.2, -0.15) is 0 Å². The summed E-state index contributed by atoms with van der Waals surface area (Å²) in [5, 5.41) is 9.43. The zero-order valence-corrected chi connectivity index (χ0v) is 19.3. The van der Waals surface area contributed by atoms with Gasteiger partial charge < -0.3 is 14.6 Å². The highest BCUT2D eigenvalue weighted by atomic mass is 19.1. The lowest BCUT2D eigenvalue weighted by molar-refractivity contribution is -0.138. The topological polar surface area (TPSA) is 55.8 Å². The van der Waals surface area contributed by atoms with E-state index in [1.165, 1.54) is 12.5 Å². The maximum Gasteiger partial charge on any atom is 0.303 e. The molecule has 0 aromatic heterocycles. The maximum atomic E-state index is 14.4. The van der Waals surface area contributed by atoms with Crippen molar-refractivity contribution in [2.24, 2.45) is 5.92 Å². The molecule has 176 valence electrons. The number of hydrogen-bond donors (Lipinski definition) is 1. The summed E-state index contributed by atoms with van der Waals surface area (Å²) >= 11 is 0. The predicted octanol–water partition coefficient (Wildman–Crippen LogP) is 6.93. The largest absolute Gasteiger partial charge is 0.497 e. The molecule has 4 nitrogen and oxygen atoms in total. The molecule has 3 aromatic carbocycles. The minimum Gasteiger partial charge on any atom is -0.497 e. The Bertz CT molecular complexity index is 1180. The molecule has 1 aliphatic carbocycles. The third kappa shape index (κ3) is 4.52. The predicted molar refractivity (Wildman–Crippen MR) is 129 cm³/mol. The smallest absolute Gasteiger partial charge is 0.303 e. The van der Waals surface area contributed by atoms with Gasteiger partial charge in [0.1, 0.15) is 23.4 Å². The van der Waals surface area contributed by atoms with Crippen LogP contribution in [0.3, 0.4) is 0 Å². The van der Waals surface area contributed by atoms with Crippen molar-refractivity contribution in [3.8, 4) is 22.6 Å². The highest BCUT2D eigenvalue weighted by Crippen LogP contribution is 2.44. The lowest BCUT2D eigenvalue weighted by Gasteiger charge is -2.34. The van der Waals surface area contributed by atoms with Gasteiger partial charge in [-0.1, -0.05) is 42.8 Å². The van der Waals surface area contributed by atoms with Gasteiger partial charge in [0.15, 0.2) is 0 Å². The minimum absolute atomic E-state index is 0.0394. The van der Waals surface area contributed by atoms with E-state index in [9.17, 15) is 14.3 Å². The van der Waals surface area contributed by atoms with E-state index in [0.29, 0.717) is 17.2 Å². The molecule has 1 N–H and O–H groups in total. The van der Waals surface area contributed by atoms with Crippen molar-refractivity contribution in [2.75, 3.05) is 7.11 Å². The van der Waals surface area contributed by atoms with Crippen molar-refractivity contribution < 1.29 is 23.8 Å². The summed E-state index contributed by atoms with van der Waals surface area (Å²) in [7, 11) is 1.57. The molecule has 34 heavy (non-hydrogen) atoms. The average Bonchev–Trinajstić information content (AvgIpc) is 2.82. The lowest BCUT2D eigenvalue weighted by Crippen LogP contribution is -2.23. The van der Waals surface area contributed by atoms with Crippen LogP contribution < -0.4 is 9.47 Å². The third-order valence-corrected chi connectivity index (χ3v) is 7.34. The molecule has 5 heteroatoms. The van der Waals surface area contributed by atoms with Crippen molar-refractivity contribution in [3.63, 3.8) is 0 Å². The highest BCUT2D eigenvalue weighted by molar-refractivity contribution is 5.68. The monoisotopic (exact) mass is 460 g/mol. The van der Waals surface area contributed by atoms with Crippen LogP contribution in [0, 0.1) is 11.7 Å². The van der Waals surface area contributed by atoms with Gasteiger partial charge in [0.05, 0.1) is 13.5 Å². The van der Waals surface area contributed by atoms with Gasteiger partial charge in [0.2, 0.25) is 0 Å². The molecule has 0 unspecified atom stereocenters. The summed E-state index contributed by atoms with van der Waals surface area (Å²) in [6.45, 7) is 0. The number of fused-ring (bicyclic) bond motifs is 1. The van der Waals surface area contributed by atoms with E-state index in [-0.39, 0.29) is 24.3 Å². The number of carboxylic acid groups (broad SMARTS) is 1. The van der Waals surface area contributed by atoms with Crippen LogP contribution in [0.5, 0.6) is 11.5 Å². The SMILES string of the molecule is COc1ccc(F)c(-c2ccc([C@H]3CCc4ccc([C@@H](CC(=O)O)C5CCC5)cc4O3)cc2)c1. The number of benzene rings is 3. The fourth-order valence-corrected chi connectivity index (χ4v) is 5.17. The number of ether oxygens (including phenoxy) is 2. The molecule has 3 aromatic rings. The molecule has 2 aliphatic rings. The molecule has 0 radical (unpaired) electrons. The molecule has 1 fully saturated rings. The Morgan fingerprint density at radius 2 is 1.88 bits per heavy atom. The normalized spacial score (nSPS) is 18.4. The second kappa shape index (κ2) is 9.49. The number of rotatable bonds is 7. The van der Waals surface area contributed by atoms with E-state index in [0.717, 1.165) is 53.7 Å². The summed E-state index contributed by atoms with van der Waals surface area (Å²) in [4.78, 5) is 11.5. The average molecular weight is 461 g/mol. The molecular weight excluding hydrogens is 431 g/mol. The first kappa shape index (κ1) is 22.5. The van der Waals surface area contributed by atoms with Crippen LogP contribution in [-0.4, -0.2) is 18.2 Å². The number of carboxylic acids is 1. The van der Waals surface area contributed by atoms with Gasteiger partial charge in [-0.15, -0.1) is 0 Å². The van der Waals surface area contributed by atoms with Crippen LogP contribution in [0.15, 0.2) is 60.7 Å². The number of aliphatic carboxylic acids is 1. The number of hydrogen-bond acceptors (Lipinski definition) is 3. The van der Waals surface area contributed by atoms with E-state index < -0.39 is 5.97 Å². The molecule has 5 rings (SSSR count). The van der Waals surface area contributed by atoms with Crippen molar-refractivity contribution in [1.82, 2.24) is 0 Å². The first-order valence-electron chi connectivity index (χ1n) is 12.0. The van der Waals surface area contributed by atoms with Crippen LogP contribution in [0.1, 0.15) is 60.8 Å². The summed E-state index contributed by atoms with van der Waals surface area (Å²) < 4.78 is 26.0. The molecule has 2 atom stereocenters. The maximum absolute atomic E-state index is 14.4. The van der Waals surface area contributed by atoms with Gasteiger partial charge >= 0.3 is 5.97 Å². The van der Waals surface area contributed by atoms with Crippen molar-refractivity contribution in [3.05, 3.63) is 83.2 Å². The van der Waals surface area contributed by atoms with Crippen LogP contribution in [-0.2, 0) is 11.2 Å². The minimum atomic E-state index is -0.749. The number of carbonyl (C=O) groups is 1. The van der Waals surface area contributed by atoms with E-state index in [1.54, 1.807) is 19.2 Å². The quantitative estimate of drug-likeness (QED) is 0.416. The van der Waals surface area contributed by atoms with E-state index >= 15 is 0 Å². The molecule has 1 aliphatic heterocycles. The highest BCUT2D eigenvalue weighted by Gasteiger charge is 2.31. The second-order valence-electron chi connectivity index (χ2n) is 9.38. The van der Waals surface area contributed by atoms with Gasteiger partial charge in [0.25, 0.3) is 0 Å². The van der Waals surface area contributed by atoms with Crippen LogP contribution in [0.25, 0.3) is 11.1 Å². The van der Waals surface area contributed by atoms with Gasteiger partial charge in [-0.05, 0) is 84.0 Å². The number of methoxy groups -OCH3 is 1. The zero-order chi connectivity index (χ0) is 23.7. The molecule has 0 saturated heterocycles. The molecule has 1 heterocycles. The Morgan fingerprint density at radius 3 is 2.56 bits per heavy atom. The number of halogens is 1. The molecular formula is C29H29FO4. The fourth-order valence-electron chi connectivity index (χ4n) is 5.17. The van der Waals surface area contributed by atoms with Gasteiger partial charge in [-0.25, -0.2) is 4.39 Å². The first-order valence-corrected chi connectivity index (χ1v) is 12.0. The van der Waals surface area contributed by atoms with Gasteiger partial charge in [0, 0.05) is 5.56 Å². The van der Waals surface area contributed by atoms with Crippen molar-refractivity contribution in [2.45, 2.75) is 50.5 Å². The summed E-state index contributed by atoms with van der Waals surface area (Å²) in [5.41, 5.74) is 4.57. The summed E-state index contributed by atoms with van der Waals surface area (Å²) in [6, 6.07) is 18.8. The zero-order valence-electron chi connectivity index (χ0n) is 19.3. The Kier molecular flexibility index (Phi) is 6.27. The first-order chi connectivity index (χ1) is 16.5. The molecule has 1 saturated carbocycles. The second-order valence-corrected chi connectivity index (χ2v) is 9.38. The van der Waals surface area contributed by atoms with Gasteiger partial charge in [-0.3, -0.25) is 4.79 Å². The lowest BCUT2D eigenvalue weighted by atomic mass is 9.71. The summed E-state index contributed by atoms with van der Waals surface area (Å²) in [5.74, 6) is 0.918. The molecule has 0 spiro atoms. The summed E-state index contributed by atoms with van der Waals surface area (Å²) in [6.07, 6.45) is 5.21. The van der Waals surface area contributed by atoms with Crippen LogP contribution in [0.2, 0.25) is 0 Å². The third-order valence-electron chi connectivity index (χ3n) is 7.34.